The van der Waals surface area contributed by atoms with Gasteiger partial charge in [-0.3, -0.25) is 19.3 Å². The van der Waals surface area contributed by atoms with Gasteiger partial charge in [0, 0.05) is 11.1 Å². The molecular weight excluding hydrogens is 566 g/mol. The van der Waals surface area contributed by atoms with Crippen LogP contribution >= 0.6 is 23.1 Å². The van der Waals surface area contributed by atoms with Gasteiger partial charge in [0.1, 0.15) is 29.9 Å². The number of nitrogens with zero attached hydrogens (tertiary/aromatic N) is 7. The van der Waals surface area contributed by atoms with Crippen molar-refractivity contribution >= 4 is 57.7 Å². The van der Waals surface area contributed by atoms with E-state index in [9.17, 15) is 19.2 Å². The number of aromatic nitrogens is 5. The van der Waals surface area contributed by atoms with Gasteiger partial charge in [-0.1, -0.05) is 5.16 Å². The zero-order valence-electron chi connectivity index (χ0n) is 22.2. The van der Waals surface area contributed by atoms with Gasteiger partial charge in [-0.2, -0.15) is 4.80 Å². The van der Waals surface area contributed by atoms with Crippen LogP contribution in [0.2, 0.25) is 0 Å². The van der Waals surface area contributed by atoms with Crippen molar-refractivity contribution in [1.29, 1.82) is 0 Å². The Bertz CT molecular complexity index is 1390. The molecule has 0 radical (unpaired) electrons. The third kappa shape index (κ3) is 6.06. The molecule has 0 bridgehead atoms. The molecule has 16 nitrogen and oxygen atoms in total. The summed E-state index contributed by atoms with van der Waals surface area (Å²) in [7, 11) is 1.27. The van der Waals surface area contributed by atoms with Crippen molar-refractivity contribution in [2.75, 3.05) is 25.4 Å². The molecule has 2 aromatic rings. The van der Waals surface area contributed by atoms with E-state index < -0.39 is 47.4 Å². The fraction of sp³-hybridized carbons (Fsp3) is 0.500. The van der Waals surface area contributed by atoms with E-state index in [1.807, 2.05) is 0 Å². The molecule has 0 aromatic carbocycles. The van der Waals surface area contributed by atoms with Crippen molar-refractivity contribution in [3.63, 3.8) is 0 Å². The summed E-state index contributed by atoms with van der Waals surface area (Å²) in [5.74, 6) is -1.99. The van der Waals surface area contributed by atoms with E-state index in [1.165, 1.54) is 33.9 Å². The third-order valence-corrected chi connectivity index (χ3v) is 7.58. The number of hydrogen-bond donors (Lipinski definition) is 2. The average molecular weight is 594 g/mol. The minimum absolute atomic E-state index is 0.0425. The first kappa shape index (κ1) is 28.9. The number of nitrogens with one attached hydrogen (secondary N) is 1. The maximum atomic E-state index is 13.3. The summed E-state index contributed by atoms with van der Waals surface area (Å²) < 4.78 is 10.3. The second-order valence-electron chi connectivity index (χ2n) is 9.61. The van der Waals surface area contributed by atoms with Gasteiger partial charge < -0.3 is 25.4 Å². The molecule has 2 atom stereocenters. The Labute approximate surface area is 236 Å². The SMILES string of the molecule is CO/N=C(\C(=O)N[C@@H]1C(=O)N2C(C(=O)OCOC(=O)C(C)(C)C)=C(Cn3nnc(C)n3)CS[C@@H]12)c1csc(N)n1. The van der Waals surface area contributed by atoms with Gasteiger partial charge in [-0.15, -0.1) is 33.3 Å². The first-order chi connectivity index (χ1) is 18.9. The first-order valence-electron chi connectivity index (χ1n) is 11.8. The largest absolute Gasteiger partial charge is 0.427 e. The molecule has 18 heteroatoms. The van der Waals surface area contributed by atoms with E-state index in [-0.39, 0.29) is 34.5 Å². The van der Waals surface area contributed by atoms with E-state index in [0.29, 0.717) is 11.4 Å². The second kappa shape index (κ2) is 11.6. The molecule has 3 N–H and O–H groups in total. The average Bonchev–Trinajstić information content (AvgIpc) is 3.51. The molecule has 2 aromatic heterocycles. The molecule has 40 heavy (non-hydrogen) atoms. The minimum atomic E-state index is -0.981. The lowest BCUT2D eigenvalue weighted by atomic mass is 9.98. The van der Waals surface area contributed by atoms with Crippen LogP contribution in [0.15, 0.2) is 21.8 Å². The third-order valence-electron chi connectivity index (χ3n) is 5.57. The number of rotatable bonds is 9. The van der Waals surface area contributed by atoms with Crippen LogP contribution in [0.3, 0.4) is 0 Å². The molecule has 1 fully saturated rings. The number of esters is 2. The molecule has 1 saturated heterocycles. The molecule has 4 heterocycles. The molecule has 0 unspecified atom stereocenters. The predicted octanol–water partition coefficient (Wildman–Crippen LogP) is -0.185. The smallest absolute Gasteiger partial charge is 0.358 e. The molecule has 2 aliphatic heterocycles. The predicted molar refractivity (Wildman–Crippen MR) is 141 cm³/mol. The number of nitrogen functional groups attached to an aromatic ring is 1. The van der Waals surface area contributed by atoms with E-state index in [2.05, 4.69) is 30.9 Å². The Hall–Kier alpha value is -4.06. The maximum Gasteiger partial charge on any atom is 0.358 e. The molecule has 0 spiro atoms. The fourth-order valence-electron chi connectivity index (χ4n) is 3.68. The number of nitrogens with two attached hydrogens (primary N) is 1. The Morgan fingerprint density at radius 3 is 2.62 bits per heavy atom. The normalized spacial score (nSPS) is 19.1. The van der Waals surface area contributed by atoms with Crippen molar-refractivity contribution in [1.82, 2.24) is 35.4 Å². The molecule has 214 valence electrons. The molecular formula is C22H27N9O7S2. The van der Waals surface area contributed by atoms with Crippen LogP contribution in [-0.2, 0) is 40.0 Å². The highest BCUT2D eigenvalue weighted by Gasteiger charge is 2.55. The zero-order chi connectivity index (χ0) is 29.2. The van der Waals surface area contributed by atoms with Gasteiger partial charge in [0.05, 0.1) is 12.0 Å². The van der Waals surface area contributed by atoms with Crippen molar-refractivity contribution < 1.29 is 33.5 Å². The number of amides is 2. The number of aryl methyl sites for hydroxylation is 1. The van der Waals surface area contributed by atoms with Gasteiger partial charge in [0.15, 0.2) is 16.7 Å². The number of carbonyl (C=O) groups excluding carboxylic acids is 4. The van der Waals surface area contributed by atoms with Crippen LogP contribution in [-0.4, -0.2) is 90.6 Å². The van der Waals surface area contributed by atoms with Crippen LogP contribution in [0, 0.1) is 12.3 Å². The summed E-state index contributed by atoms with van der Waals surface area (Å²) in [6, 6.07) is -0.981. The number of ether oxygens (including phenoxy) is 2. The molecule has 2 amide bonds. The van der Waals surface area contributed by atoms with E-state index in [1.54, 1.807) is 27.7 Å². The lowest BCUT2D eigenvalue weighted by molar-refractivity contribution is -0.173. The van der Waals surface area contributed by atoms with E-state index >= 15 is 0 Å². The first-order valence-corrected chi connectivity index (χ1v) is 13.7. The number of anilines is 1. The minimum Gasteiger partial charge on any atom is -0.427 e. The van der Waals surface area contributed by atoms with Gasteiger partial charge >= 0.3 is 11.9 Å². The maximum absolute atomic E-state index is 13.3. The Morgan fingerprint density at radius 1 is 1.27 bits per heavy atom. The lowest BCUT2D eigenvalue weighted by Crippen LogP contribution is -2.71. The van der Waals surface area contributed by atoms with Crippen LogP contribution in [0.25, 0.3) is 0 Å². The van der Waals surface area contributed by atoms with Crippen molar-refractivity contribution in [3.05, 3.63) is 28.2 Å². The number of carbonyl (C=O) groups is 4. The molecule has 0 aliphatic carbocycles. The summed E-state index contributed by atoms with van der Waals surface area (Å²) in [6.07, 6.45) is 0. The standard InChI is InChI=1S/C22H27N9O7S2/c1-10-26-29-30(27-10)6-11-7-39-18-14(25-16(32)13(28-36-5)12-8-40-21(23)24-12)17(33)31(18)15(11)19(34)37-9-38-20(35)22(2,3)4/h8,14,18H,6-7,9H2,1-5H3,(H2,23,24)(H,25,32)/b28-13-/t14-,18+/m1/s1. The summed E-state index contributed by atoms with van der Waals surface area (Å²) in [5.41, 5.74) is 5.35. The second-order valence-corrected chi connectivity index (χ2v) is 11.6. The zero-order valence-corrected chi connectivity index (χ0v) is 23.9. The number of thiazole rings is 1. The lowest BCUT2D eigenvalue weighted by Gasteiger charge is -2.49. The number of thioether (sulfide) groups is 1. The molecule has 2 aliphatic rings. The quantitative estimate of drug-likeness (QED) is 0.127. The number of oxime groups is 1. The van der Waals surface area contributed by atoms with Gasteiger partial charge in [-0.05, 0) is 38.5 Å². The van der Waals surface area contributed by atoms with Crippen LogP contribution in [0.4, 0.5) is 5.13 Å². The Balaban J connectivity index is 1.53. The van der Waals surface area contributed by atoms with Gasteiger partial charge in [-0.25, -0.2) is 9.78 Å². The van der Waals surface area contributed by atoms with Crippen molar-refractivity contribution in [3.8, 4) is 0 Å². The monoisotopic (exact) mass is 593 g/mol. The van der Waals surface area contributed by atoms with Crippen LogP contribution in [0.5, 0.6) is 0 Å². The summed E-state index contributed by atoms with van der Waals surface area (Å²) in [4.78, 5) is 62.9. The van der Waals surface area contributed by atoms with Gasteiger partial charge in [0.2, 0.25) is 6.79 Å². The molecule has 0 saturated carbocycles. The van der Waals surface area contributed by atoms with E-state index in [4.69, 9.17) is 20.0 Å². The fourth-order valence-corrected chi connectivity index (χ4v) is 5.56. The van der Waals surface area contributed by atoms with Crippen LogP contribution < -0.4 is 11.1 Å². The molecule has 4 rings (SSSR count). The van der Waals surface area contributed by atoms with E-state index in [0.717, 1.165) is 11.3 Å². The Morgan fingerprint density at radius 2 is 2.02 bits per heavy atom. The highest BCUT2D eigenvalue weighted by Crippen LogP contribution is 2.41. The summed E-state index contributed by atoms with van der Waals surface area (Å²) in [5, 5.41) is 19.4. The summed E-state index contributed by atoms with van der Waals surface area (Å²) in [6.45, 7) is 6.06. The van der Waals surface area contributed by atoms with Gasteiger partial charge in [0.25, 0.3) is 11.8 Å². The Kier molecular flexibility index (Phi) is 8.38. The topological polar surface area (TPSA) is 206 Å². The van der Waals surface area contributed by atoms with Crippen LogP contribution in [0.1, 0.15) is 32.3 Å². The van der Waals surface area contributed by atoms with Crippen molar-refractivity contribution in [2.45, 2.75) is 45.7 Å². The number of tetrazole rings is 1. The van der Waals surface area contributed by atoms with Crippen molar-refractivity contribution in [2.24, 2.45) is 10.6 Å². The number of fused-ring (bicyclic) bond motifs is 1. The highest BCUT2D eigenvalue weighted by molar-refractivity contribution is 8.00. The highest BCUT2D eigenvalue weighted by atomic mass is 32.2. The number of β-lactam (4-membered cyclic amide) rings is 1. The number of hydrogen-bond acceptors (Lipinski definition) is 15. The summed E-state index contributed by atoms with van der Waals surface area (Å²) >= 11 is 2.44.